The molecule has 150 valence electrons. The van der Waals surface area contributed by atoms with E-state index in [1.807, 2.05) is 18.2 Å². The zero-order valence-corrected chi connectivity index (χ0v) is 19.4. The molecular formula is C17H30IN3O4S. The summed E-state index contributed by atoms with van der Waals surface area (Å²) < 4.78 is 33.1. The molecule has 0 aliphatic carbocycles. The van der Waals surface area contributed by atoms with Crippen LogP contribution in [0.4, 0.5) is 0 Å². The molecule has 0 saturated heterocycles. The maximum Gasteiger partial charge on any atom is 0.191 e. The van der Waals surface area contributed by atoms with Gasteiger partial charge in [0.15, 0.2) is 27.3 Å². The van der Waals surface area contributed by atoms with Crippen LogP contribution in [0.5, 0.6) is 11.5 Å². The van der Waals surface area contributed by atoms with Crippen LogP contribution in [0.15, 0.2) is 23.2 Å². The Morgan fingerprint density at radius 2 is 1.77 bits per heavy atom. The predicted octanol–water partition coefficient (Wildman–Crippen LogP) is 1.85. The molecule has 1 rings (SSSR count). The van der Waals surface area contributed by atoms with Crippen molar-refractivity contribution in [2.24, 2.45) is 4.99 Å². The van der Waals surface area contributed by atoms with Crippen molar-refractivity contribution in [3.63, 3.8) is 0 Å². The van der Waals surface area contributed by atoms with Gasteiger partial charge >= 0.3 is 0 Å². The van der Waals surface area contributed by atoms with Gasteiger partial charge in [0, 0.05) is 26.4 Å². The molecule has 9 heteroatoms. The summed E-state index contributed by atoms with van der Waals surface area (Å²) in [7, 11) is 1.71. The third-order valence-electron chi connectivity index (χ3n) is 4.06. The van der Waals surface area contributed by atoms with Crippen LogP contribution in [0.25, 0.3) is 0 Å². The Labute approximate surface area is 173 Å². The number of methoxy groups -OCH3 is 2. The van der Waals surface area contributed by atoms with Gasteiger partial charge in [-0.3, -0.25) is 4.99 Å². The highest BCUT2D eigenvalue weighted by molar-refractivity contribution is 14.0. The van der Waals surface area contributed by atoms with E-state index in [0.717, 1.165) is 12.0 Å². The minimum absolute atomic E-state index is 0. The Bertz CT molecular complexity index is 706. The van der Waals surface area contributed by atoms with Crippen molar-refractivity contribution in [3.8, 4) is 11.5 Å². The summed E-state index contributed by atoms with van der Waals surface area (Å²) in [6, 6.07) is 5.78. The number of nitrogens with one attached hydrogen (secondary N) is 2. The maximum absolute atomic E-state index is 11.7. The number of ether oxygens (including phenoxy) is 2. The first-order chi connectivity index (χ1) is 11.6. The fourth-order valence-corrected chi connectivity index (χ4v) is 2.34. The molecule has 0 fully saturated rings. The Kier molecular flexibility index (Phi) is 10.3. The normalized spacial score (nSPS) is 12.2. The molecule has 0 bridgehead atoms. The number of benzene rings is 1. The highest BCUT2D eigenvalue weighted by Crippen LogP contribution is 2.27. The number of halogens is 1. The fourth-order valence-electron chi connectivity index (χ4n) is 2.01. The summed E-state index contributed by atoms with van der Waals surface area (Å²) in [5, 5.41) is 6.24. The van der Waals surface area contributed by atoms with Crippen molar-refractivity contribution >= 4 is 39.8 Å². The lowest BCUT2D eigenvalue weighted by Crippen LogP contribution is -2.48. The van der Waals surface area contributed by atoms with Gasteiger partial charge in [0.2, 0.25) is 0 Å². The minimum Gasteiger partial charge on any atom is -0.493 e. The van der Waals surface area contributed by atoms with Gasteiger partial charge in [-0.05, 0) is 38.0 Å². The third kappa shape index (κ3) is 7.18. The Balaban J connectivity index is 0.00000625. The number of rotatable bonds is 8. The van der Waals surface area contributed by atoms with E-state index in [1.54, 1.807) is 35.1 Å². The largest absolute Gasteiger partial charge is 0.493 e. The number of nitrogens with zero attached hydrogens (tertiary/aromatic N) is 1. The molecule has 0 aliphatic rings. The molecule has 0 heterocycles. The summed E-state index contributed by atoms with van der Waals surface area (Å²) >= 11 is 0. The van der Waals surface area contributed by atoms with Crippen LogP contribution >= 0.6 is 24.0 Å². The molecule has 0 unspecified atom stereocenters. The predicted molar refractivity (Wildman–Crippen MR) is 117 cm³/mol. The highest BCUT2D eigenvalue weighted by Gasteiger charge is 2.30. The summed E-state index contributed by atoms with van der Waals surface area (Å²) in [5.74, 6) is 1.95. The molecule has 2 N–H and O–H groups in total. The van der Waals surface area contributed by atoms with Gasteiger partial charge in [-0.2, -0.15) is 0 Å². The Hall–Kier alpha value is -1.23. The summed E-state index contributed by atoms with van der Waals surface area (Å²) in [6.07, 6.45) is 2.00. The molecule has 0 amide bonds. The van der Waals surface area contributed by atoms with E-state index in [9.17, 15) is 8.42 Å². The van der Waals surface area contributed by atoms with Gasteiger partial charge in [-0.15, -0.1) is 24.0 Å². The van der Waals surface area contributed by atoms with Gasteiger partial charge in [-0.1, -0.05) is 6.07 Å². The van der Waals surface area contributed by atoms with E-state index in [1.165, 1.54) is 6.26 Å². The van der Waals surface area contributed by atoms with Crippen LogP contribution in [0.3, 0.4) is 0 Å². The lowest BCUT2D eigenvalue weighted by atomic mass is 10.1. The summed E-state index contributed by atoms with van der Waals surface area (Å²) in [4.78, 5) is 4.12. The lowest BCUT2D eigenvalue weighted by Gasteiger charge is -2.24. The van der Waals surface area contributed by atoms with Crippen LogP contribution in [0.1, 0.15) is 19.4 Å². The molecule has 0 atom stereocenters. The zero-order chi connectivity index (χ0) is 19.1. The van der Waals surface area contributed by atoms with E-state index < -0.39 is 14.6 Å². The quantitative estimate of drug-likeness (QED) is 0.323. The SMILES string of the molecule is CN=C(NCCc1ccc(OC)c(OC)c1)NCC(C)(C)S(C)(=O)=O.I. The Morgan fingerprint density at radius 1 is 1.15 bits per heavy atom. The smallest absolute Gasteiger partial charge is 0.191 e. The van der Waals surface area contributed by atoms with Gasteiger partial charge in [0.05, 0.1) is 19.0 Å². The number of hydrogen-bond donors (Lipinski definition) is 2. The second kappa shape index (κ2) is 10.8. The molecule has 0 spiro atoms. The first-order valence-corrected chi connectivity index (χ1v) is 9.88. The Morgan fingerprint density at radius 3 is 2.27 bits per heavy atom. The van der Waals surface area contributed by atoms with Crippen molar-refractivity contribution in [3.05, 3.63) is 23.8 Å². The molecule has 0 saturated carbocycles. The van der Waals surface area contributed by atoms with E-state index in [4.69, 9.17) is 9.47 Å². The van der Waals surface area contributed by atoms with Gasteiger partial charge in [0.25, 0.3) is 0 Å². The second-order valence-electron chi connectivity index (χ2n) is 6.32. The van der Waals surface area contributed by atoms with Gasteiger partial charge < -0.3 is 20.1 Å². The fraction of sp³-hybridized carbons (Fsp3) is 0.588. The molecule has 7 nitrogen and oxygen atoms in total. The molecule has 1 aromatic carbocycles. The monoisotopic (exact) mass is 499 g/mol. The zero-order valence-electron chi connectivity index (χ0n) is 16.3. The third-order valence-corrected chi connectivity index (χ3v) is 6.21. The van der Waals surface area contributed by atoms with E-state index >= 15 is 0 Å². The van der Waals surface area contributed by atoms with Crippen molar-refractivity contribution in [2.45, 2.75) is 25.0 Å². The van der Waals surface area contributed by atoms with Crippen LogP contribution in [0.2, 0.25) is 0 Å². The van der Waals surface area contributed by atoms with E-state index in [0.29, 0.717) is 24.0 Å². The minimum atomic E-state index is -3.16. The van der Waals surface area contributed by atoms with Crippen molar-refractivity contribution in [1.29, 1.82) is 0 Å². The summed E-state index contributed by atoms with van der Waals surface area (Å²) in [6.45, 7) is 4.30. The van der Waals surface area contributed by atoms with Crippen molar-refractivity contribution in [2.75, 3.05) is 40.6 Å². The maximum atomic E-state index is 11.7. The van der Waals surface area contributed by atoms with Crippen molar-refractivity contribution < 1.29 is 17.9 Å². The average molecular weight is 499 g/mol. The number of guanidine groups is 1. The van der Waals surface area contributed by atoms with Gasteiger partial charge in [0.1, 0.15) is 0 Å². The first-order valence-electron chi connectivity index (χ1n) is 7.99. The van der Waals surface area contributed by atoms with Crippen molar-refractivity contribution in [1.82, 2.24) is 10.6 Å². The molecular weight excluding hydrogens is 469 g/mol. The second-order valence-corrected chi connectivity index (χ2v) is 8.97. The van der Waals surface area contributed by atoms with Gasteiger partial charge in [-0.25, -0.2) is 8.42 Å². The number of aliphatic imine (C=N–C) groups is 1. The number of hydrogen-bond acceptors (Lipinski definition) is 5. The van der Waals surface area contributed by atoms with Crippen LogP contribution < -0.4 is 20.1 Å². The molecule has 0 aromatic heterocycles. The lowest BCUT2D eigenvalue weighted by molar-refractivity contribution is 0.354. The van der Waals surface area contributed by atoms with Crippen LogP contribution in [-0.2, 0) is 16.3 Å². The summed E-state index contributed by atoms with van der Waals surface area (Å²) in [5.41, 5.74) is 1.09. The van der Waals surface area contributed by atoms with Crippen LogP contribution in [-0.4, -0.2) is 59.7 Å². The first kappa shape index (κ1) is 24.8. The molecule has 26 heavy (non-hydrogen) atoms. The standard InChI is InChI=1S/C17H29N3O4S.HI/c1-17(2,25(6,21)22)12-20-16(18-3)19-10-9-13-7-8-14(23-4)15(11-13)24-5;/h7-8,11H,9-10,12H2,1-6H3,(H2,18,19,20);1H. The van der Waals surface area contributed by atoms with E-state index in [-0.39, 0.29) is 30.5 Å². The van der Waals surface area contributed by atoms with Crippen LogP contribution in [0, 0.1) is 0 Å². The molecule has 1 aromatic rings. The van der Waals surface area contributed by atoms with E-state index in [2.05, 4.69) is 15.6 Å². The highest BCUT2D eigenvalue weighted by atomic mass is 127. The topological polar surface area (TPSA) is 89.0 Å². The number of sulfone groups is 1. The molecule has 0 radical (unpaired) electrons. The molecule has 0 aliphatic heterocycles. The average Bonchev–Trinajstić information content (AvgIpc) is 2.56.